The molecule has 1 aliphatic rings. The zero-order valence-corrected chi connectivity index (χ0v) is 20.4. The summed E-state index contributed by atoms with van der Waals surface area (Å²) in [5.41, 5.74) is -1.08. The average molecular weight is 540 g/mol. The van der Waals surface area contributed by atoms with Crippen molar-refractivity contribution < 1.29 is 28.2 Å². The summed E-state index contributed by atoms with van der Waals surface area (Å²) in [4.78, 5) is 30.1. The van der Waals surface area contributed by atoms with Crippen LogP contribution in [0.1, 0.15) is 20.8 Å². The van der Waals surface area contributed by atoms with Crippen molar-refractivity contribution in [3.05, 3.63) is 94.8 Å². The van der Waals surface area contributed by atoms with Crippen LogP contribution < -0.4 is 10.6 Å². The van der Waals surface area contributed by atoms with Gasteiger partial charge < -0.3 is 20.5 Å². The number of para-hydroxylation sites is 1. The van der Waals surface area contributed by atoms with Crippen LogP contribution in [0, 0.1) is 11.6 Å². The molecule has 4 aromatic rings. The minimum Gasteiger partial charge on any atom is -0.394 e. The van der Waals surface area contributed by atoms with Gasteiger partial charge in [-0.1, -0.05) is 29.8 Å². The minimum absolute atomic E-state index is 0.0367. The smallest absolute Gasteiger partial charge is 0.272 e. The molecule has 2 aromatic carbocycles. The maximum atomic E-state index is 14.7. The van der Waals surface area contributed by atoms with Crippen LogP contribution in [0.3, 0.4) is 0 Å². The summed E-state index contributed by atoms with van der Waals surface area (Å²) in [6, 6.07) is 14.6. The van der Waals surface area contributed by atoms with E-state index in [1.165, 1.54) is 23.0 Å². The van der Waals surface area contributed by atoms with E-state index in [2.05, 4.69) is 20.7 Å². The largest absolute Gasteiger partial charge is 0.394 e. The highest BCUT2D eigenvalue weighted by atomic mass is 35.5. The van der Waals surface area contributed by atoms with E-state index in [4.69, 9.17) is 16.3 Å². The van der Waals surface area contributed by atoms with Crippen LogP contribution in [0.2, 0.25) is 5.02 Å². The zero-order chi connectivity index (χ0) is 26.9. The Labute approximate surface area is 220 Å². The second kappa shape index (κ2) is 10.3. The lowest BCUT2D eigenvalue weighted by Crippen LogP contribution is -2.64. The third-order valence-electron chi connectivity index (χ3n) is 5.94. The molecule has 2 aromatic heterocycles. The SMILES string of the molecule is O=C(NC1(CO)COC1)c1cc(NC(=O)c2cc(-c3ncccc3F)c(F)cc2Cl)n(-c2ccccc2)n1. The summed E-state index contributed by atoms with van der Waals surface area (Å²) in [7, 11) is 0. The van der Waals surface area contributed by atoms with Crippen LogP contribution in [-0.2, 0) is 4.74 Å². The molecule has 0 saturated carbocycles. The number of rotatable bonds is 7. The van der Waals surface area contributed by atoms with Gasteiger partial charge >= 0.3 is 0 Å². The summed E-state index contributed by atoms with van der Waals surface area (Å²) in [5.74, 6) is -2.85. The number of hydrogen-bond acceptors (Lipinski definition) is 6. The number of aromatic nitrogens is 3. The Morgan fingerprint density at radius 1 is 1.05 bits per heavy atom. The summed E-state index contributed by atoms with van der Waals surface area (Å²) >= 11 is 6.18. The van der Waals surface area contributed by atoms with E-state index >= 15 is 0 Å². The molecule has 9 nitrogen and oxygen atoms in total. The number of pyridine rings is 1. The number of hydrogen-bond donors (Lipinski definition) is 3. The summed E-state index contributed by atoms with van der Waals surface area (Å²) in [5, 5.41) is 19.1. The van der Waals surface area contributed by atoms with Crippen LogP contribution in [-0.4, -0.2) is 57.0 Å². The van der Waals surface area contributed by atoms with Crippen LogP contribution >= 0.6 is 11.6 Å². The molecule has 0 atom stereocenters. The van der Waals surface area contributed by atoms with Crippen molar-refractivity contribution in [2.45, 2.75) is 5.54 Å². The molecule has 0 bridgehead atoms. The van der Waals surface area contributed by atoms with Gasteiger partial charge in [0.05, 0.1) is 36.1 Å². The number of carbonyl (C=O) groups excluding carboxylic acids is 2. The number of nitrogens with one attached hydrogen (secondary N) is 2. The highest BCUT2D eigenvalue weighted by Gasteiger charge is 2.40. The van der Waals surface area contributed by atoms with Crippen molar-refractivity contribution in [2.24, 2.45) is 0 Å². The van der Waals surface area contributed by atoms with Gasteiger partial charge in [-0.25, -0.2) is 13.5 Å². The Kier molecular flexibility index (Phi) is 6.89. The van der Waals surface area contributed by atoms with E-state index in [9.17, 15) is 23.5 Å². The minimum atomic E-state index is -0.907. The summed E-state index contributed by atoms with van der Waals surface area (Å²) in [6.45, 7) is -0.00895. The lowest BCUT2D eigenvalue weighted by Gasteiger charge is -2.40. The van der Waals surface area contributed by atoms with Crippen molar-refractivity contribution in [2.75, 3.05) is 25.1 Å². The molecule has 3 heterocycles. The average Bonchev–Trinajstić information content (AvgIpc) is 3.31. The van der Waals surface area contributed by atoms with Crippen LogP contribution in [0.4, 0.5) is 14.6 Å². The van der Waals surface area contributed by atoms with Gasteiger partial charge in [-0.2, -0.15) is 5.10 Å². The first-order chi connectivity index (χ1) is 18.3. The quantitative estimate of drug-likeness (QED) is 0.330. The highest BCUT2D eigenvalue weighted by Crippen LogP contribution is 2.30. The Balaban J connectivity index is 1.49. The predicted molar refractivity (Wildman–Crippen MR) is 134 cm³/mol. The van der Waals surface area contributed by atoms with Crippen LogP contribution in [0.5, 0.6) is 0 Å². The molecule has 0 spiro atoms. The third-order valence-corrected chi connectivity index (χ3v) is 6.25. The van der Waals surface area contributed by atoms with Gasteiger partial charge in [0.1, 0.15) is 28.7 Å². The second-order valence-corrected chi connectivity index (χ2v) is 9.05. The Hall–Kier alpha value is -4.19. The number of aliphatic hydroxyl groups is 1. The number of benzene rings is 2. The highest BCUT2D eigenvalue weighted by molar-refractivity contribution is 6.34. The van der Waals surface area contributed by atoms with E-state index in [-0.39, 0.29) is 53.2 Å². The molecular weight excluding hydrogens is 520 g/mol. The van der Waals surface area contributed by atoms with E-state index in [1.54, 1.807) is 30.3 Å². The van der Waals surface area contributed by atoms with Crippen molar-refractivity contribution in [3.63, 3.8) is 0 Å². The number of anilines is 1. The maximum Gasteiger partial charge on any atom is 0.272 e. The second-order valence-electron chi connectivity index (χ2n) is 8.65. The van der Waals surface area contributed by atoms with E-state index in [0.717, 1.165) is 18.2 Å². The first-order valence-electron chi connectivity index (χ1n) is 11.4. The molecule has 0 unspecified atom stereocenters. The maximum absolute atomic E-state index is 14.7. The van der Waals surface area contributed by atoms with Crippen LogP contribution in [0.25, 0.3) is 16.9 Å². The molecule has 2 amide bonds. The lowest BCUT2D eigenvalue weighted by atomic mass is 9.99. The fraction of sp³-hybridized carbons (Fsp3) is 0.154. The lowest BCUT2D eigenvalue weighted by molar-refractivity contribution is -0.0920. The summed E-state index contributed by atoms with van der Waals surface area (Å²) < 4.78 is 35.4. The first-order valence-corrected chi connectivity index (χ1v) is 11.8. The molecule has 12 heteroatoms. The molecule has 1 aliphatic heterocycles. The normalized spacial score (nSPS) is 14.0. The number of carbonyl (C=O) groups is 2. The molecule has 194 valence electrons. The van der Waals surface area contributed by atoms with Gasteiger partial charge in [0, 0.05) is 17.8 Å². The number of amides is 2. The van der Waals surface area contributed by atoms with Crippen molar-refractivity contribution >= 4 is 29.2 Å². The number of aliphatic hydroxyl groups excluding tert-OH is 1. The fourth-order valence-corrected chi connectivity index (χ4v) is 4.11. The van der Waals surface area contributed by atoms with Gasteiger partial charge in [-0.05, 0) is 36.4 Å². The van der Waals surface area contributed by atoms with Crippen molar-refractivity contribution in [3.8, 4) is 16.9 Å². The monoisotopic (exact) mass is 539 g/mol. The Morgan fingerprint density at radius 2 is 1.82 bits per heavy atom. The van der Waals surface area contributed by atoms with E-state index < -0.39 is 29.0 Å². The summed E-state index contributed by atoms with van der Waals surface area (Å²) in [6.07, 6.45) is 1.30. The number of halogens is 3. The number of nitrogens with zero attached hydrogens (tertiary/aromatic N) is 3. The van der Waals surface area contributed by atoms with Gasteiger partial charge in [0.15, 0.2) is 5.69 Å². The molecule has 1 fully saturated rings. The molecule has 1 saturated heterocycles. The molecule has 3 N–H and O–H groups in total. The predicted octanol–water partition coefficient (Wildman–Crippen LogP) is 3.61. The standard InChI is InChI=1S/C26H20ClF2N5O4/c27-18-10-20(29)17(23-19(28)7-4-8-30-23)9-16(18)24(36)31-22-11-21(25(37)32-26(12-35)13-38-14-26)33-34(22)15-5-2-1-3-6-15/h1-11,35H,12-14H2,(H,31,36)(H,32,37). The molecule has 5 rings (SSSR count). The Morgan fingerprint density at radius 3 is 2.47 bits per heavy atom. The molecular formula is C26H20ClF2N5O4. The van der Waals surface area contributed by atoms with Gasteiger partial charge in [0.25, 0.3) is 11.8 Å². The molecule has 0 aliphatic carbocycles. The molecule has 0 radical (unpaired) electrons. The van der Waals surface area contributed by atoms with Crippen molar-refractivity contribution in [1.29, 1.82) is 0 Å². The van der Waals surface area contributed by atoms with E-state index in [0.29, 0.717) is 5.69 Å². The van der Waals surface area contributed by atoms with Gasteiger partial charge in [-0.15, -0.1) is 0 Å². The fourth-order valence-electron chi connectivity index (χ4n) is 3.88. The third kappa shape index (κ3) is 4.86. The van der Waals surface area contributed by atoms with Crippen molar-refractivity contribution in [1.82, 2.24) is 20.1 Å². The topological polar surface area (TPSA) is 118 Å². The Bertz CT molecular complexity index is 1520. The number of ether oxygens (including phenoxy) is 1. The van der Waals surface area contributed by atoms with E-state index in [1.807, 2.05) is 0 Å². The zero-order valence-electron chi connectivity index (χ0n) is 19.6. The van der Waals surface area contributed by atoms with Crippen LogP contribution in [0.15, 0.2) is 66.9 Å². The molecule has 38 heavy (non-hydrogen) atoms. The van der Waals surface area contributed by atoms with Gasteiger partial charge in [-0.3, -0.25) is 14.6 Å². The van der Waals surface area contributed by atoms with Gasteiger partial charge in [0.2, 0.25) is 0 Å². The first kappa shape index (κ1) is 25.5.